The van der Waals surface area contributed by atoms with Gasteiger partial charge in [-0.05, 0) is 19.1 Å². The van der Waals surface area contributed by atoms with E-state index >= 15 is 0 Å². The summed E-state index contributed by atoms with van der Waals surface area (Å²) in [6, 6.07) is 9.54. The molecule has 3 aromatic rings. The zero-order valence-corrected chi connectivity index (χ0v) is 12.2. The van der Waals surface area contributed by atoms with E-state index in [1.54, 1.807) is 0 Å². The normalized spacial score (nSPS) is 12.4. The van der Waals surface area contributed by atoms with Crippen LogP contribution in [0.3, 0.4) is 0 Å². The zero-order valence-electron chi connectivity index (χ0n) is 11.4. The zero-order chi connectivity index (χ0) is 14.7. The van der Waals surface area contributed by atoms with E-state index in [0.29, 0.717) is 5.16 Å². The van der Waals surface area contributed by atoms with Crippen LogP contribution >= 0.6 is 11.8 Å². The molecule has 0 saturated carbocycles. The van der Waals surface area contributed by atoms with Crippen LogP contribution in [0.1, 0.15) is 18.7 Å². The third-order valence-corrected chi connectivity index (χ3v) is 3.86. The highest BCUT2D eigenvalue weighted by atomic mass is 32.2. The van der Waals surface area contributed by atoms with Gasteiger partial charge >= 0.3 is 0 Å². The van der Waals surface area contributed by atoms with Crippen molar-refractivity contribution < 1.29 is 9.21 Å². The second-order valence-electron chi connectivity index (χ2n) is 4.56. The Morgan fingerprint density at radius 2 is 2.33 bits per heavy atom. The number of amides is 1. The second kappa shape index (κ2) is 6.01. The first kappa shape index (κ1) is 13.7. The van der Waals surface area contributed by atoms with Crippen molar-refractivity contribution in [2.75, 3.05) is 5.75 Å². The first-order valence-electron chi connectivity index (χ1n) is 6.48. The SMILES string of the molecule is C[C@H](NC(=O)CSc1ncn[nH]1)c1cc2ccccc2o1. The molecule has 0 bridgehead atoms. The van der Waals surface area contributed by atoms with E-state index in [1.807, 2.05) is 37.3 Å². The molecule has 7 heteroatoms. The van der Waals surface area contributed by atoms with Crippen molar-refractivity contribution in [3.8, 4) is 0 Å². The quantitative estimate of drug-likeness (QED) is 0.708. The molecule has 0 aliphatic carbocycles. The van der Waals surface area contributed by atoms with Crippen molar-refractivity contribution in [1.82, 2.24) is 20.5 Å². The number of hydrogen-bond donors (Lipinski definition) is 2. The van der Waals surface area contributed by atoms with Crippen molar-refractivity contribution in [3.05, 3.63) is 42.4 Å². The predicted octanol–water partition coefficient (Wildman–Crippen LogP) is 2.52. The molecular formula is C14H14N4O2S. The minimum Gasteiger partial charge on any atom is -0.459 e. The van der Waals surface area contributed by atoms with Gasteiger partial charge in [0.15, 0.2) is 5.16 Å². The second-order valence-corrected chi connectivity index (χ2v) is 5.52. The number of furan rings is 1. The van der Waals surface area contributed by atoms with Crippen molar-refractivity contribution in [2.24, 2.45) is 0 Å². The Bertz CT molecular complexity index is 705. The van der Waals surface area contributed by atoms with Crippen LogP contribution in [0.25, 0.3) is 11.0 Å². The largest absolute Gasteiger partial charge is 0.459 e. The molecule has 0 saturated heterocycles. The Kier molecular flexibility index (Phi) is 3.92. The number of aromatic amines is 1. The molecule has 21 heavy (non-hydrogen) atoms. The minimum atomic E-state index is -0.180. The highest BCUT2D eigenvalue weighted by molar-refractivity contribution is 7.99. The van der Waals surface area contributed by atoms with Gasteiger partial charge in [-0.2, -0.15) is 5.10 Å². The fourth-order valence-electron chi connectivity index (χ4n) is 1.97. The van der Waals surface area contributed by atoms with Gasteiger partial charge in [0.2, 0.25) is 5.91 Å². The number of nitrogens with one attached hydrogen (secondary N) is 2. The van der Waals surface area contributed by atoms with Crippen LogP contribution in [0, 0.1) is 0 Å². The Morgan fingerprint density at radius 1 is 1.48 bits per heavy atom. The van der Waals surface area contributed by atoms with Gasteiger partial charge < -0.3 is 9.73 Å². The van der Waals surface area contributed by atoms with Crippen molar-refractivity contribution in [3.63, 3.8) is 0 Å². The molecule has 6 nitrogen and oxygen atoms in total. The molecular weight excluding hydrogens is 288 g/mol. The maximum Gasteiger partial charge on any atom is 0.231 e. The lowest BCUT2D eigenvalue weighted by atomic mass is 10.2. The fourth-order valence-corrected chi connectivity index (χ4v) is 2.56. The Morgan fingerprint density at radius 3 is 3.10 bits per heavy atom. The van der Waals surface area contributed by atoms with E-state index in [1.165, 1.54) is 18.1 Å². The monoisotopic (exact) mass is 302 g/mol. The van der Waals surface area contributed by atoms with E-state index in [4.69, 9.17) is 4.42 Å². The molecule has 1 aromatic carbocycles. The van der Waals surface area contributed by atoms with Gasteiger partial charge in [0.25, 0.3) is 0 Å². The lowest BCUT2D eigenvalue weighted by molar-refractivity contribution is -0.119. The molecule has 0 aliphatic heterocycles. The summed E-state index contributed by atoms with van der Waals surface area (Å²) >= 11 is 1.31. The smallest absolute Gasteiger partial charge is 0.231 e. The standard InChI is InChI=1S/C14H14N4O2S/c1-9(12-6-10-4-2-3-5-11(10)20-12)17-13(19)7-21-14-15-8-16-18-14/h2-6,8-9H,7H2,1H3,(H,17,19)(H,15,16,18)/t9-/m0/s1. The molecule has 2 heterocycles. The van der Waals surface area contributed by atoms with Crippen LogP contribution in [0.15, 0.2) is 46.2 Å². The van der Waals surface area contributed by atoms with Gasteiger partial charge in [0.05, 0.1) is 11.8 Å². The Labute approximate surface area is 125 Å². The van der Waals surface area contributed by atoms with Crippen LogP contribution in [0.5, 0.6) is 0 Å². The average molecular weight is 302 g/mol. The number of aromatic nitrogens is 3. The number of carbonyl (C=O) groups is 1. The van der Waals surface area contributed by atoms with E-state index in [2.05, 4.69) is 20.5 Å². The van der Waals surface area contributed by atoms with Crippen LogP contribution in [-0.2, 0) is 4.79 Å². The van der Waals surface area contributed by atoms with Gasteiger partial charge in [0, 0.05) is 5.39 Å². The van der Waals surface area contributed by atoms with Crippen LogP contribution in [-0.4, -0.2) is 26.8 Å². The lowest BCUT2D eigenvalue weighted by Gasteiger charge is -2.10. The molecule has 0 aliphatic rings. The number of para-hydroxylation sites is 1. The topological polar surface area (TPSA) is 83.8 Å². The van der Waals surface area contributed by atoms with Crippen LogP contribution in [0.2, 0.25) is 0 Å². The number of hydrogen-bond acceptors (Lipinski definition) is 5. The molecule has 108 valence electrons. The highest BCUT2D eigenvalue weighted by Gasteiger charge is 2.14. The summed E-state index contributed by atoms with van der Waals surface area (Å²) in [5.41, 5.74) is 0.824. The number of benzene rings is 1. The maximum absolute atomic E-state index is 11.9. The van der Waals surface area contributed by atoms with Gasteiger partial charge in [-0.1, -0.05) is 30.0 Å². The summed E-state index contributed by atoms with van der Waals surface area (Å²) in [5, 5.41) is 11.0. The third-order valence-electron chi connectivity index (χ3n) is 2.98. The molecule has 0 radical (unpaired) electrons. The van der Waals surface area contributed by atoms with Gasteiger partial charge in [0.1, 0.15) is 17.7 Å². The van der Waals surface area contributed by atoms with Gasteiger partial charge in [-0.25, -0.2) is 4.98 Å². The summed E-state index contributed by atoms with van der Waals surface area (Å²) in [6.45, 7) is 1.90. The van der Waals surface area contributed by atoms with Crippen molar-refractivity contribution >= 4 is 28.6 Å². The van der Waals surface area contributed by atoms with E-state index in [-0.39, 0.29) is 17.7 Å². The van der Waals surface area contributed by atoms with E-state index in [0.717, 1.165) is 16.7 Å². The maximum atomic E-state index is 11.9. The molecule has 2 N–H and O–H groups in total. The third kappa shape index (κ3) is 3.25. The van der Waals surface area contributed by atoms with Crippen molar-refractivity contribution in [1.29, 1.82) is 0 Å². The molecule has 0 fully saturated rings. The minimum absolute atomic E-state index is 0.0793. The highest BCUT2D eigenvalue weighted by Crippen LogP contribution is 2.23. The van der Waals surface area contributed by atoms with Crippen LogP contribution in [0.4, 0.5) is 0 Å². The summed E-state index contributed by atoms with van der Waals surface area (Å²) in [7, 11) is 0. The van der Waals surface area contributed by atoms with E-state index in [9.17, 15) is 4.79 Å². The number of H-pyrrole nitrogens is 1. The van der Waals surface area contributed by atoms with E-state index < -0.39 is 0 Å². The number of thioether (sulfide) groups is 1. The molecule has 1 amide bonds. The Hall–Kier alpha value is -2.28. The number of rotatable bonds is 5. The predicted molar refractivity (Wildman–Crippen MR) is 79.9 cm³/mol. The average Bonchev–Trinajstić information content (AvgIpc) is 3.14. The fraction of sp³-hybridized carbons (Fsp3) is 0.214. The van der Waals surface area contributed by atoms with Crippen molar-refractivity contribution in [2.45, 2.75) is 18.1 Å². The summed E-state index contributed by atoms with van der Waals surface area (Å²) in [5.74, 6) is 0.943. The summed E-state index contributed by atoms with van der Waals surface area (Å²) < 4.78 is 5.73. The molecule has 0 spiro atoms. The molecule has 3 rings (SSSR count). The lowest BCUT2D eigenvalue weighted by Crippen LogP contribution is -2.27. The summed E-state index contributed by atoms with van der Waals surface area (Å²) in [4.78, 5) is 15.9. The van der Waals surface area contributed by atoms with Crippen LogP contribution < -0.4 is 5.32 Å². The summed E-state index contributed by atoms with van der Waals surface area (Å²) in [6.07, 6.45) is 1.41. The number of nitrogens with zero attached hydrogens (tertiary/aromatic N) is 2. The first-order chi connectivity index (χ1) is 10.2. The number of fused-ring (bicyclic) bond motifs is 1. The molecule has 1 atom stereocenters. The van der Waals surface area contributed by atoms with Gasteiger partial charge in [-0.15, -0.1) is 0 Å². The Balaban J connectivity index is 1.60. The molecule has 2 aromatic heterocycles. The van der Waals surface area contributed by atoms with Gasteiger partial charge in [-0.3, -0.25) is 9.89 Å². The number of carbonyl (C=O) groups excluding carboxylic acids is 1. The molecule has 0 unspecified atom stereocenters. The first-order valence-corrected chi connectivity index (χ1v) is 7.47.